The van der Waals surface area contributed by atoms with Gasteiger partial charge in [-0.05, 0) is 50.5 Å². The molecule has 1 aromatic rings. The largest absolute Gasteiger partial charge is 0.467 e. The molecule has 1 unspecified atom stereocenters. The molecule has 1 fully saturated rings. The molecule has 0 radical (unpaired) electrons. The number of hydrogen-bond acceptors (Lipinski definition) is 4. The fourth-order valence-electron chi connectivity index (χ4n) is 3.38. The van der Waals surface area contributed by atoms with E-state index in [1.54, 1.807) is 16.2 Å². The van der Waals surface area contributed by atoms with E-state index in [0.29, 0.717) is 13.0 Å². The summed E-state index contributed by atoms with van der Waals surface area (Å²) in [5, 5.41) is 1.99. The second-order valence-electron chi connectivity index (χ2n) is 5.79. The summed E-state index contributed by atoms with van der Waals surface area (Å²) in [5.74, 6) is -0.267. The van der Waals surface area contributed by atoms with Gasteiger partial charge >= 0.3 is 5.97 Å². The Morgan fingerprint density at radius 3 is 2.86 bits per heavy atom. The third-order valence-corrected chi connectivity index (χ3v) is 5.62. The van der Waals surface area contributed by atoms with Crippen LogP contribution in [0.15, 0.2) is 5.38 Å². The van der Waals surface area contributed by atoms with Crippen molar-refractivity contribution in [1.82, 2.24) is 4.90 Å². The van der Waals surface area contributed by atoms with E-state index in [1.807, 2.05) is 5.38 Å². The van der Waals surface area contributed by atoms with E-state index >= 15 is 0 Å². The van der Waals surface area contributed by atoms with Gasteiger partial charge in [-0.3, -0.25) is 4.79 Å². The molecule has 1 aliphatic carbocycles. The third-order valence-electron chi connectivity index (χ3n) is 4.53. The van der Waals surface area contributed by atoms with Gasteiger partial charge in [0.2, 0.25) is 0 Å². The molecule has 4 nitrogen and oxygen atoms in total. The lowest BCUT2D eigenvalue weighted by Crippen LogP contribution is -2.48. The molecule has 2 heterocycles. The molecular formula is C16H21NO3S. The fraction of sp³-hybridized carbons (Fsp3) is 0.625. The van der Waals surface area contributed by atoms with Crippen molar-refractivity contribution in [3.8, 4) is 0 Å². The van der Waals surface area contributed by atoms with E-state index in [9.17, 15) is 9.59 Å². The van der Waals surface area contributed by atoms with Crippen LogP contribution in [-0.4, -0.2) is 36.5 Å². The minimum Gasteiger partial charge on any atom is -0.467 e. The van der Waals surface area contributed by atoms with Gasteiger partial charge in [0.25, 0.3) is 5.91 Å². The normalized spacial score (nSPS) is 21.8. The first kappa shape index (κ1) is 14.6. The highest BCUT2D eigenvalue weighted by Gasteiger charge is 2.35. The summed E-state index contributed by atoms with van der Waals surface area (Å²) in [5.41, 5.74) is 2.05. The third kappa shape index (κ3) is 2.71. The highest BCUT2D eigenvalue weighted by molar-refractivity contribution is 7.10. The number of ether oxygens (including phenoxy) is 1. The van der Waals surface area contributed by atoms with E-state index in [2.05, 4.69) is 0 Å². The number of likely N-dealkylation sites (tertiary alicyclic amines) is 1. The van der Waals surface area contributed by atoms with Crippen molar-refractivity contribution >= 4 is 23.2 Å². The molecule has 0 bridgehead atoms. The molecule has 1 aliphatic heterocycles. The number of piperidine rings is 1. The molecule has 1 atom stereocenters. The number of hydrogen-bond donors (Lipinski definition) is 0. The Labute approximate surface area is 129 Å². The van der Waals surface area contributed by atoms with Crippen LogP contribution in [0.2, 0.25) is 0 Å². The lowest BCUT2D eigenvalue weighted by molar-refractivity contribution is -0.147. The maximum atomic E-state index is 12.9. The molecule has 1 aromatic heterocycles. The Balaban J connectivity index is 1.86. The summed E-state index contributed by atoms with van der Waals surface area (Å²) in [6.07, 6.45) is 7.12. The predicted octanol–water partition coefficient (Wildman–Crippen LogP) is 2.79. The SMILES string of the molecule is COC(=O)C1CCCCN1C(=O)c1csc2c1CCCC2. The monoisotopic (exact) mass is 307 g/mol. The van der Waals surface area contributed by atoms with E-state index in [-0.39, 0.29) is 11.9 Å². The molecule has 1 saturated heterocycles. The average Bonchev–Trinajstić information content (AvgIpc) is 2.97. The van der Waals surface area contributed by atoms with E-state index in [1.165, 1.54) is 24.0 Å². The average molecular weight is 307 g/mol. The second-order valence-corrected chi connectivity index (χ2v) is 6.76. The highest BCUT2D eigenvalue weighted by atomic mass is 32.1. The van der Waals surface area contributed by atoms with Crippen molar-refractivity contribution in [2.45, 2.75) is 51.0 Å². The lowest BCUT2D eigenvalue weighted by atomic mass is 9.94. The fourth-order valence-corrected chi connectivity index (χ4v) is 4.50. The quantitative estimate of drug-likeness (QED) is 0.789. The van der Waals surface area contributed by atoms with Gasteiger partial charge in [0.05, 0.1) is 12.7 Å². The molecule has 5 heteroatoms. The van der Waals surface area contributed by atoms with Crippen LogP contribution >= 0.6 is 11.3 Å². The zero-order chi connectivity index (χ0) is 14.8. The Bertz CT molecular complexity index is 552. The molecular weight excluding hydrogens is 286 g/mol. The number of rotatable bonds is 2. The number of fused-ring (bicyclic) bond motifs is 1. The van der Waals surface area contributed by atoms with Crippen LogP contribution in [0.1, 0.15) is 52.9 Å². The molecule has 3 rings (SSSR count). The zero-order valence-corrected chi connectivity index (χ0v) is 13.2. The number of esters is 1. The van der Waals surface area contributed by atoms with Crippen molar-refractivity contribution in [2.24, 2.45) is 0 Å². The van der Waals surface area contributed by atoms with Gasteiger partial charge in [-0.2, -0.15) is 0 Å². The first-order valence-electron chi connectivity index (χ1n) is 7.70. The summed E-state index contributed by atoms with van der Waals surface area (Å²) in [6, 6.07) is -0.407. The van der Waals surface area contributed by atoms with Crippen molar-refractivity contribution in [3.63, 3.8) is 0 Å². The Kier molecular flexibility index (Phi) is 4.29. The van der Waals surface area contributed by atoms with Crippen molar-refractivity contribution in [3.05, 3.63) is 21.4 Å². The van der Waals surface area contributed by atoms with Gasteiger partial charge in [0.15, 0.2) is 0 Å². The van der Waals surface area contributed by atoms with Crippen LogP contribution in [0.5, 0.6) is 0 Å². The zero-order valence-electron chi connectivity index (χ0n) is 12.4. The molecule has 21 heavy (non-hydrogen) atoms. The number of aryl methyl sites for hydroxylation is 1. The molecule has 1 amide bonds. The van der Waals surface area contributed by atoms with Gasteiger partial charge < -0.3 is 9.64 Å². The summed E-state index contributed by atoms with van der Waals surface area (Å²) in [7, 11) is 1.39. The van der Waals surface area contributed by atoms with E-state index in [4.69, 9.17) is 4.74 Å². The van der Waals surface area contributed by atoms with Gasteiger partial charge in [0, 0.05) is 16.8 Å². The van der Waals surface area contributed by atoms with Crippen molar-refractivity contribution < 1.29 is 14.3 Å². The number of methoxy groups -OCH3 is 1. The summed E-state index contributed by atoms with van der Waals surface area (Å²) >= 11 is 1.70. The first-order valence-corrected chi connectivity index (χ1v) is 8.58. The topological polar surface area (TPSA) is 46.6 Å². The maximum absolute atomic E-state index is 12.9. The molecule has 0 spiro atoms. The van der Waals surface area contributed by atoms with Crippen LogP contribution in [0.3, 0.4) is 0 Å². The lowest BCUT2D eigenvalue weighted by Gasteiger charge is -2.34. The number of carbonyl (C=O) groups excluding carboxylic acids is 2. The Hall–Kier alpha value is -1.36. The smallest absolute Gasteiger partial charge is 0.328 e. The Morgan fingerprint density at radius 1 is 1.24 bits per heavy atom. The van der Waals surface area contributed by atoms with Crippen LogP contribution in [-0.2, 0) is 22.4 Å². The summed E-state index contributed by atoms with van der Waals surface area (Å²) in [6.45, 7) is 0.656. The molecule has 0 saturated carbocycles. The summed E-state index contributed by atoms with van der Waals surface area (Å²) in [4.78, 5) is 27.9. The standard InChI is InChI=1S/C16H21NO3S/c1-20-16(19)13-7-4-5-9-17(13)15(18)12-10-21-14-8-3-2-6-11(12)14/h10,13H,2-9H2,1H3. The minimum absolute atomic E-state index is 0.0181. The van der Waals surface area contributed by atoms with Crippen LogP contribution in [0, 0.1) is 0 Å². The second kappa shape index (κ2) is 6.18. The van der Waals surface area contributed by atoms with Crippen LogP contribution in [0.25, 0.3) is 0 Å². The first-order chi connectivity index (χ1) is 10.2. The number of amides is 1. The van der Waals surface area contributed by atoms with Crippen LogP contribution in [0.4, 0.5) is 0 Å². The molecule has 0 aromatic carbocycles. The van der Waals surface area contributed by atoms with E-state index in [0.717, 1.165) is 37.7 Å². The van der Waals surface area contributed by atoms with Gasteiger partial charge in [-0.25, -0.2) is 4.79 Å². The minimum atomic E-state index is -0.407. The maximum Gasteiger partial charge on any atom is 0.328 e. The van der Waals surface area contributed by atoms with Gasteiger partial charge in [-0.15, -0.1) is 11.3 Å². The molecule has 0 N–H and O–H groups in total. The predicted molar refractivity (Wildman–Crippen MR) is 81.7 cm³/mol. The van der Waals surface area contributed by atoms with Crippen LogP contribution < -0.4 is 0 Å². The number of nitrogens with zero attached hydrogens (tertiary/aromatic N) is 1. The van der Waals surface area contributed by atoms with Crippen molar-refractivity contribution in [2.75, 3.05) is 13.7 Å². The number of thiophene rings is 1. The summed E-state index contributed by atoms with van der Waals surface area (Å²) < 4.78 is 4.87. The Morgan fingerprint density at radius 2 is 2.05 bits per heavy atom. The van der Waals surface area contributed by atoms with Gasteiger partial charge in [-0.1, -0.05) is 0 Å². The van der Waals surface area contributed by atoms with Gasteiger partial charge in [0.1, 0.15) is 6.04 Å². The van der Waals surface area contributed by atoms with E-state index < -0.39 is 6.04 Å². The number of carbonyl (C=O) groups is 2. The molecule has 114 valence electrons. The molecule has 2 aliphatic rings. The van der Waals surface area contributed by atoms with Crippen molar-refractivity contribution in [1.29, 1.82) is 0 Å². The highest BCUT2D eigenvalue weighted by Crippen LogP contribution is 2.32.